The van der Waals surface area contributed by atoms with Crippen LogP contribution in [-0.2, 0) is 19.9 Å². The molecule has 0 unspecified atom stereocenters. The number of methoxy groups -OCH3 is 1. The summed E-state index contributed by atoms with van der Waals surface area (Å²) in [6.07, 6.45) is 4.44. The number of hydrogen-bond donors (Lipinski definition) is 2. The Morgan fingerprint density at radius 3 is 2.88 bits per heavy atom. The molecule has 1 aromatic rings. The second-order valence-corrected chi connectivity index (χ2v) is 10.4. The summed E-state index contributed by atoms with van der Waals surface area (Å²) in [5.74, 6) is 1.03. The van der Waals surface area contributed by atoms with E-state index < -0.39 is 17.9 Å². The lowest BCUT2D eigenvalue weighted by atomic mass is 9.66. The summed E-state index contributed by atoms with van der Waals surface area (Å²) in [6, 6.07) is 4.07. The number of anilines is 1. The topological polar surface area (TPSA) is 80.3 Å². The molecule has 5 rings (SSSR count). The smallest absolute Gasteiger partial charge is 0.188 e. The number of halogens is 1. The minimum absolute atomic E-state index is 0.0108. The van der Waals surface area contributed by atoms with E-state index in [1.807, 2.05) is 19.1 Å². The Kier molecular flexibility index (Phi) is 6.10. The number of fused-ring (bicyclic) bond motifs is 2. The van der Waals surface area contributed by atoms with Crippen molar-refractivity contribution < 1.29 is 24.1 Å². The van der Waals surface area contributed by atoms with E-state index in [0.29, 0.717) is 19.1 Å². The molecule has 3 saturated heterocycles. The van der Waals surface area contributed by atoms with Gasteiger partial charge in [0.25, 0.3) is 0 Å². The molecule has 0 saturated carbocycles. The Labute approximate surface area is 203 Å². The van der Waals surface area contributed by atoms with Crippen molar-refractivity contribution in [2.45, 2.75) is 50.5 Å². The number of aliphatic hydroxyl groups is 1. The van der Waals surface area contributed by atoms with Crippen LogP contribution in [0, 0.1) is 11.8 Å². The molecule has 2 N–H and O–H groups in total. The summed E-state index contributed by atoms with van der Waals surface area (Å²) in [6.45, 7) is 6.44. The third kappa shape index (κ3) is 3.25. The molecule has 3 fully saturated rings. The highest BCUT2D eigenvalue weighted by Gasteiger charge is 2.70. The Bertz CT molecular complexity index is 984. The van der Waals surface area contributed by atoms with Gasteiger partial charge in [0.2, 0.25) is 0 Å². The Hall–Kier alpha value is -1.45. The van der Waals surface area contributed by atoms with Crippen LogP contribution in [0.5, 0.6) is 5.75 Å². The van der Waals surface area contributed by atoms with Gasteiger partial charge in [0.15, 0.2) is 11.5 Å². The van der Waals surface area contributed by atoms with Crippen molar-refractivity contribution in [1.82, 2.24) is 4.90 Å². The van der Waals surface area contributed by atoms with Crippen molar-refractivity contribution in [2.24, 2.45) is 11.8 Å². The number of Topliss-reactive ketones (excluding diaryl/α,β-unsaturated/α-hetero) is 1. The molecule has 33 heavy (non-hydrogen) atoms. The average Bonchev–Trinajstić information content (AvgIpc) is 3.14. The predicted octanol–water partition coefficient (Wildman–Crippen LogP) is 3.45. The number of benzene rings is 1. The van der Waals surface area contributed by atoms with Crippen LogP contribution in [0.25, 0.3) is 0 Å². The molecule has 0 aliphatic carbocycles. The normalized spacial score (nSPS) is 35.7. The maximum absolute atomic E-state index is 12.6. The van der Waals surface area contributed by atoms with Crippen molar-refractivity contribution in [2.75, 3.05) is 45.3 Å². The first-order chi connectivity index (χ1) is 15.9. The summed E-state index contributed by atoms with van der Waals surface area (Å²) in [7, 11) is 1.69. The molecule has 1 aromatic carbocycles. The first kappa shape index (κ1) is 23.3. The van der Waals surface area contributed by atoms with Crippen LogP contribution in [0.4, 0.5) is 5.69 Å². The number of allylic oxidation sites excluding steroid dienone is 1. The van der Waals surface area contributed by atoms with Crippen LogP contribution in [0.15, 0.2) is 28.3 Å². The quantitative estimate of drug-likeness (QED) is 0.575. The van der Waals surface area contributed by atoms with Crippen LogP contribution in [0.2, 0.25) is 0 Å². The van der Waals surface area contributed by atoms with Gasteiger partial charge in [-0.25, -0.2) is 0 Å². The van der Waals surface area contributed by atoms with E-state index in [4.69, 9.17) is 14.2 Å². The van der Waals surface area contributed by atoms with E-state index in [9.17, 15) is 9.90 Å². The minimum Gasteiger partial charge on any atom is -0.496 e. The zero-order valence-electron chi connectivity index (χ0n) is 19.5. The fraction of sp³-hybridized carbons (Fsp3) is 0.640. The predicted molar refractivity (Wildman–Crippen MR) is 128 cm³/mol. The van der Waals surface area contributed by atoms with Gasteiger partial charge in [-0.1, -0.05) is 35.4 Å². The number of piperidine rings is 2. The maximum Gasteiger partial charge on any atom is 0.188 e. The highest BCUT2D eigenvalue weighted by molar-refractivity contribution is 9.10. The molecule has 0 aromatic heterocycles. The van der Waals surface area contributed by atoms with Gasteiger partial charge in [0.05, 0.1) is 31.9 Å². The van der Waals surface area contributed by atoms with Gasteiger partial charge in [-0.15, -0.1) is 0 Å². The first-order valence-electron chi connectivity index (χ1n) is 11.9. The lowest BCUT2D eigenvalue weighted by molar-refractivity contribution is -0.297. The van der Waals surface area contributed by atoms with E-state index in [1.54, 1.807) is 7.11 Å². The molecule has 4 heterocycles. The number of nitrogens with one attached hydrogen (secondary N) is 1. The standard InChI is InChI=1S/C25H33BrN2O5/c1-4-15-13-28-7-6-24-23-19(10-16(26)11-21(23)31-3)27-25(24,33-9-8-32-24)22(28)12-18(15)17(5-2)20(30)14-29/h5,10-11,15,18,22,27,29H,4,6-9,12-14H2,1-3H3/b17-5+/t15-,18+,22+,24+,25+/m1/s1. The first-order valence-corrected chi connectivity index (χ1v) is 12.7. The van der Waals surface area contributed by atoms with Gasteiger partial charge in [-0.2, -0.15) is 0 Å². The molecule has 5 atom stereocenters. The van der Waals surface area contributed by atoms with Gasteiger partial charge < -0.3 is 24.6 Å². The fourth-order valence-corrected chi connectivity index (χ4v) is 7.34. The Balaban J connectivity index is 1.61. The SMILES string of the molecule is C/C=C(/C(=O)CO)[C@H]1C[C@@H]2N(CC[C@@]34OCCO[C@@]23Nc2cc(Br)cc(OC)c24)C[C@H]1CC. The molecule has 0 amide bonds. The van der Waals surface area contributed by atoms with E-state index in [0.717, 1.165) is 59.4 Å². The summed E-state index contributed by atoms with van der Waals surface area (Å²) in [4.78, 5) is 15.2. The third-order valence-corrected chi connectivity index (χ3v) is 8.71. The number of ether oxygens (including phenoxy) is 3. The van der Waals surface area contributed by atoms with E-state index >= 15 is 0 Å². The number of nitrogens with zero attached hydrogens (tertiary/aromatic N) is 1. The van der Waals surface area contributed by atoms with Crippen molar-refractivity contribution in [3.05, 3.63) is 33.8 Å². The van der Waals surface area contributed by atoms with E-state index in [-0.39, 0.29) is 17.7 Å². The van der Waals surface area contributed by atoms with Crippen molar-refractivity contribution in [3.63, 3.8) is 0 Å². The van der Waals surface area contributed by atoms with Gasteiger partial charge >= 0.3 is 0 Å². The second kappa shape index (κ2) is 8.64. The lowest BCUT2D eigenvalue weighted by Crippen LogP contribution is -2.75. The molecule has 0 spiro atoms. The largest absolute Gasteiger partial charge is 0.496 e. The monoisotopic (exact) mass is 520 g/mol. The fourth-order valence-electron chi connectivity index (χ4n) is 6.90. The summed E-state index contributed by atoms with van der Waals surface area (Å²) >= 11 is 3.62. The minimum atomic E-state index is -0.766. The number of hydrogen-bond acceptors (Lipinski definition) is 7. The van der Waals surface area contributed by atoms with Gasteiger partial charge in [-0.05, 0) is 49.3 Å². The molecule has 4 aliphatic heterocycles. The highest BCUT2D eigenvalue weighted by atomic mass is 79.9. The molecule has 0 bridgehead atoms. The summed E-state index contributed by atoms with van der Waals surface area (Å²) < 4.78 is 20.1. The number of rotatable bonds is 5. The number of carbonyl (C=O) groups is 1. The van der Waals surface area contributed by atoms with Gasteiger partial charge in [0.1, 0.15) is 18.0 Å². The number of ketones is 1. The lowest BCUT2D eigenvalue weighted by Gasteiger charge is -2.61. The molecule has 7 nitrogen and oxygen atoms in total. The third-order valence-electron chi connectivity index (χ3n) is 8.25. The summed E-state index contributed by atoms with van der Waals surface area (Å²) in [5.41, 5.74) is 1.31. The van der Waals surface area contributed by atoms with Crippen LogP contribution < -0.4 is 10.1 Å². The molecule has 4 aliphatic rings. The van der Waals surface area contributed by atoms with Crippen LogP contribution in [-0.4, -0.2) is 67.6 Å². The highest BCUT2D eigenvalue weighted by Crippen LogP contribution is 2.62. The molecular weight excluding hydrogens is 488 g/mol. The van der Waals surface area contributed by atoms with Crippen LogP contribution in [0.1, 0.15) is 38.7 Å². The molecule has 180 valence electrons. The summed E-state index contributed by atoms with van der Waals surface area (Å²) in [5, 5.41) is 13.4. The Morgan fingerprint density at radius 1 is 1.39 bits per heavy atom. The Morgan fingerprint density at radius 2 is 2.18 bits per heavy atom. The van der Waals surface area contributed by atoms with Crippen LogP contribution >= 0.6 is 15.9 Å². The van der Waals surface area contributed by atoms with Gasteiger partial charge in [0, 0.05) is 23.2 Å². The molecule has 8 heteroatoms. The van der Waals surface area contributed by atoms with E-state index in [1.165, 1.54) is 0 Å². The maximum atomic E-state index is 12.6. The van der Waals surface area contributed by atoms with Crippen LogP contribution in [0.3, 0.4) is 0 Å². The zero-order valence-corrected chi connectivity index (χ0v) is 21.1. The molecule has 0 radical (unpaired) electrons. The average molecular weight is 521 g/mol. The van der Waals surface area contributed by atoms with Crippen molar-refractivity contribution in [1.29, 1.82) is 0 Å². The second-order valence-electron chi connectivity index (χ2n) is 9.51. The molecular formula is C25H33BrN2O5. The van der Waals surface area contributed by atoms with Gasteiger partial charge in [-0.3, -0.25) is 9.69 Å². The van der Waals surface area contributed by atoms with Crippen molar-refractivity contribution >= 4 is 27.4 Å². The number of carbonyl (C=O) groups excluding carboxylic acids is 1. The zero-order chi connectivity index (χ0) is 23.4. The number of aliphatic hydroxyl groups excluding tert-OH is 1. The van der Waals surface area contributed by atoms with Crippen molar-refractivity contribution in [3.8, 4) is 5.75 Å². The van der Waals surface area contributed by atoms with E-state index in [2.05, 4.69) is 39.1 Å².